The van der Waals surface area contributed by atoms with Crippen LogP contribution in [0.4, 0.5) is 26.3 Å². The molecule has 2 saturated heterocycles. The zero-order valence-electron chi connectivity index (χ0n) is 40.9. The molecular weight excluding hydrogens is 1020 g/mol. The monoisotopic (exact) mass is 1080 g/mol. The molecule has 2 heterocycles. The number of likely N-dealkylation sites (tertiary alicyclic amines) is 2. The van der Waals surface area contributed by atoms with Gasteiger partial charge in [0.2, 0.25) is 5.60 Å². The largest absolute Gasteiger partial charge is 0.494 e. The van der Waals surface area contributed by atoms with Crippen molar-refractivity contribution in [3.05, 3.63) is 92.4 Å². The number of unbranched alkanes of at least 4 members (excludes halogenated alkanes) is 1. The first-order valence-corrected chi connectivity index (χ1v) is 24.9. The Morgan fingerprint density at radius 1 is 0.736 bits per heavy atom. The van der Waals surface area contributed by atoms with Crippen molar-refractivity contribution in [2.24, 2.45) is 35.0 Å². The summed E-state index contributed by atoms with van der Waals surface area (Å²) in [5.74, 6) is -6.44. The average Bonchev–Trinajstić information content (AvgIpc) is 4.00. The van der Waals surface area contributed by atoms with Gasteiger partial charge in [-0.05, 0) is 123 Å². The lowest BCUT2D eigenvalue weighted by molar-refractivity contribution is -0.270. The molecule has 1 spiro atoms. The molecule has 396 valence electrons. The van der Waals surface area contributed by atoms with Crippen molar-refractivity contribution in [2.75, 3.05) is 67.6 Å². The van der Waals surface area contributed by atoms with Crippen LogP contribution in [0, 0.1) is 35.0 Å². The fourth-order valence-corrected chi connectivity index (χ4v) is 11.4. The van der Waals surface area contributed by atoms with Crippen LogP contribution < -0.4 is 9.47 Å². The van der Waals surface area contributed by atoms with Crippen LogP contribution in [0.1, 0.15) is 85.1 Å². The van der Waals surface area contributed by atoms with Crippen LogP contribution in [0.2, 0.25) is 15.1 Å². The second-order valence-electron chi connectivity index (χ2n) is 20.0. The van der Waals surface area contributed by atoms with E-state index in [1.807, 2.05) is 0 Å². The number of hydrogen-bond donors (Lipinski definition) is 2. The van der Waals surface area contributed by atoms with E-state index in [0.29, 0.717) is 49.2 Å². The Bertz CT molecular complexity index is 2480. The van der Waals surface area contributed by atoms with Gasteiger partial charge in [0, 0.05) is 70.9 Å². The van der Waals surface area contributed by atoms with Gasteiger partial charge in [-0.1, -0.05) is 60.8 Å². The zero-order valence-corrected chi connectivity index (χ0v) is 43.2. The second-order valence-corrected chi connectivity index (χ2v) is 21.3. The molecule has 1 aliphatic carbocycles. The Labute approximate surface area is 430 Å². The van der Waals surface area contributed by atoms with E-state index in [9.17, 15) is 42.6 Å². The van der Waals surface area contributed by atoms with Gasteiger partial charge in [-0.25, -0.2) is 0 Å². The maximum absolute atomic E-state index is 15.1. The molecule has 6 rings (SSSR count). The van der Waals surface area contributed by atoms with Crippen molar-refractivity contribution < 1.29 is 65.2 Å². The number of hydrogen-bond acceptors (Lipinski definition) is 8. The lowest BCUT2D eigenvalue weighted by atomic mass is 9.65. The van der Waals surface area contributed by atoms with Gasteiger partial charge in [-0.3, -0.25) is 19.2 Å². The fraction of sp³-hybridized carbons (Fsp3) is 0.569. The Morgan fingerprint density at radius 2 is 1.31 bits per heavy atom. The summed E-state index contributed by atoms with van der Waals surface area (Å²) in [6.07, 6.45) is -8.12. The van der Waals surface area contributed by atoms with Gasteiger partial charge in [-0.15, -0.1) is 0 Å². The maximum Gasteiger partial charge on any atom is 0.430 e. The molecule has 7 atom stereocenters. The average molecular weight is 1080 g/mol. The number of nitrogens with zero attached hydrogens (tertiary/aromatic N) is 4. The van der Waals surface area contributed by atoms with E-state index in [-0.39, 0.29) is 96.5 Å². The number of rotatable bonds is 17. The van der Waals surface area contributed by atoms with Crippen LogP contribution in [0.3, 0.4) is 0 Å². The van der Waals surface area contributed by atoms with Crippen molar-refractivity contribution in [1.82, 2.24) is 19.6 Å². The van der Waals surface area contributed by atoms with E-state index in [0.717, 1.165) is 35.8 Å². The van der Waals surface area contributed by atoms with Crippen molar-refractivity contribution in [3.8, 4) is 11.5 Å². The molecule has 0 radical (unpaired) electrons. The molecule has 1 saturated carbocycles. The molecule has 4 unspecified atom stereocenters. The third-order valence-electron chi connectivity index (χ3n) is 14.9. The lowest BCUT2D eigenvalue weighted by Gasteiger charge is -2.51. The van der Waals surface area contributed by atoms with E-state index in [4.69, 9.17) is 44.3 Å². The van der Waals surface area contributed by atoms with Crippen LogP contribution in [0.15, 0.2) is 60.7 Å². The normalized spacial score (nSPS) is 23.0. The number of ether oxygens (including phenoxy) is 2. The molecule has 21 heteroatoms. The molecule has 3 fully saturated rings. The minimum Gasteiger partial charge on any atom is -0.494 e. The Morgan fingerprint density at radius 3 is 1.82 bits per heavy atom. The van der Waals surface area contributed by atoms with Crippen molar-refractivity contribution in [3.63, 3.8) is 0 Å². The summed E-state index contributed by atoms with van der Waals surface area (Å²) in [7, 11) is 6.37. The molecule has 3 aromatic carbocycles. The minimum atomic E-state index is -5.50. The molecule has 2 aliphatic heterocycles. The minimum absolute atomic E-state index is 0.138. The van der Waals surface area contributed by atoms with Crippen LogP contribution in [0.5, 0.6) is 11.5 Å². The third-order valence-corrected chi connectivity index (χ3v) is 15.7. The van der Waals surface area contributed by atoms with Gasteiger partial charge in [0.25, 0.3) is 29.2 Å². The quantitative estimate of drug-likeness (QED) is 0.101. The molecule has 12 nitrogen and oxygen atoms in total. The van der Waals surface area contributed by atoms with Crippen LogP contribution in [-0.4, -0.2) is 139 Å². The highest BCUT2D eigenvalue weighted by Crippen LogP contribution is 2.66. The van der Waals surface area contributed by atoms with Gasteiger partial charge in [0.1, 0.15) is 11.5 Å². The number of amides is 4. The molecule has 2 N–H and O–H groups in total. The SMILES string of the molecule is CC(C)[C@@](O)(C(=O)N1CCC2(C[C@H]2CCOc2ccc(C(=O)N(C)C)c(Cl)c2)C(C2CN(C(=O)[C@@](O)(c3cccc(Cl)c3)C(F)(F)F)CCC2CCCCOc2ccc(C(=O)N(C)C)c(Cl)c2)C1)C(F)(F)F. The Balaban J connectivity index is 1.31. The van der Waals surface area contributed by atoms with Crippen LogP contribution in [0.25, 0.3) is 0 Å². The van der Waals surface area contributed by atoms with Crippen molar-refractivity contribution in [2.45, 2.75) is 82.3 Å². The zero-order chi connectivity index (χ0) is 53.3. The number of aliphatic hydroxyl groups is 2. The Kier molecular flexibility index (Phi) is 17.5. The van der Waals surface area contributed by atoms with E-state index in [1.54, 1.807) is 46.4 Å². The first-order valence-electron chi connectivity index (χ1n) is 23.8. The number of benzene rings is 3. The summed E-state index contributed by atoms with van der Waals surface area (Å²) < 4.78 is 101. The van der Waals surface area contributed by atoms with E-state index in [2.05, 4.69) is 0 Å². The van der Waals surface area contributed by atoms with E-state index in [1.165, 1.54) is 40.1 Å². The topological polar surface area (TPSA) is 140 Å². The van der Waals surface area contributed by atoms with E-state index >= 15 is 13.2 Å². The second kappa shape index (κ2) is 22.2. The number of halogens is 9. The Hall–Kier alpha value is -4.49. The van der Waals surface area contributed by atoms with Gasteiger partial charge < -0.3 is 39.3 Å². The summed E-state index contributed by atoms with van der Waals surface area (Å²) in [4.78, 5) is 58.2. The molecule has 3 aliphatic rings. The fourth-order valence-electron chi connectivity index (χ4n) is 10.7. The van der Waals surface area contributed by atoms with Crippen LogP contribution >= 0.6 is 34.8 Å². The summed E-state index contributed by atoms with van der Waals surface area (Å²) in [6.45, 7) is 1.56. The number of carbonyl (C=O) groups is 4. The first-order chi connectivity index (χ1) is 33.6. The van der Waals surface area contributed by atoms with Gasteiger partial charge in [0.05, 0.1) is 34.4 Å². The summed E-state index contributed by atoms with van der Waals surface area (Å²) >= 11 is 18.9. The molecular formula is C51H61Cl3F6N4O8. The highest BCUT2D eigenvalue weighted by atomic mass is 35.5. The van der Waals surface area contributed by atoms with Gasteiger partial charge >= 0.3 is 12.4 Å². The number of alkyl halides is 6. The molecule has 0 bridgehead atoms. The highest BCUT2D eigenvalue weighted by Gasteiger charge is 2.68. The van der Waals surface area contributed by atoms with Gasteiger partial charge in [-0.2, -0.15) is 26.3 Å². The van der Waals surface area contributed by atoms with Crippen molar-refractivity contribution in [1.29, 1.82) is 0 Å². The summed E-state index contributed by atoms with van der Waals surface area (Å²) in [6, 6.07) is 13.6. The maximum atomic E-state index is 15.1. The van der Waals surface area contributed by atoms with E-state index < -0.39 is 64.1 Å². The standard InChI is InChI=1S/C51H61Cl3F6N4O8/c1-30(2)48(69,50(55,56)57)45(67)64-21-19-47(27-33(47)18-23-72-36-14-16-38(42(54)26-36)44(66)62(5)6)40(29-64)39-28-63(46(68)49(70,51(58,59)60)32-11-9-12-34(52)24-32)20-17-31(39)10-7-8-22-71-35-13-15-37(41(53)25-35)43(65)61(3)4/h9,11-16,24-26,30-31,33,39-40,69-70H,7-8,10,17-23,27-29H2,1-6H3/t31?,33-,39?,40?,47?,48-,49+/m1/s1. The van der Waals surface area contributed by atoms with Gasteiger partial charge in [0.15, 0.2) is 0 Å². The number of carbonyl (C=O) groups excluding carboxylic acids is 4. The summed E-state index contributed by atoms with van der Waals surface area (Å²) in [5, 5.41) is 22.9. The third kappa shape index (κ3) is 11.6. The smallest absolute Gasteiger partial charge is 0.430 e. The lowest BCUT2D eigenvalue weighted by Crippen LogP contribution is -2.64. The van der Waals surface area contributed by atoms with Crippen molar-refractivity contribution >= 4 is 58.4 Å². The molecule has 0 aromatic heterocycles. The highest BCUT2D eigenvalue weighted by molar-refractivity contribution is 6.34. The van der Waals surface area contributed by atoms with Crippen LogP contribution in [-0.2, 0) is 15.2 Å². The molecule has 4 amide bonds. The predicted octanol–water partition coefficient (Wildman–Crippen LogP) is 9.79. The molecule has 3 aromatic rings. The first kappa shape index (κ1) is 56.8. The number of piperidine rings is 2. The summed E-state index contributed by atoms with van der Waals surface area (Å²) in [5.41, 5.74) is -8.66. The molecule has 72 heavy (non-hydrogen) atoms. The predicted molar refractivity (Wildman–Crippen MR) is 259 cm³/mol.